The predicted octanol–water partition coefficient (Wildman–Crippen LogP) is 2.77. The van der Waals surface area contributed by atoms with Crippen LogP contribution < -0.4 is 19.5 Å². The second kappa shape index (κ2) is 8.89. The molecule has 0 fully saturated rings. The largest absolute Gasteiger partial charge is 0.492 e. The molecule has 1 heterocycles. The monoisotopic (exact) mass is 440 g/mol. The number of hydrogen-bond donors (Lipinski definition) is 1. The van der Waals surface area contributed by atoms with Gasteiger partial charge in [-0.2, -0.15) is 4.31 Å². The maximum atomic E-state index is 12.7. The van der Waals surface area contributed by atoms with Crippen molar-refractivity contribution in [1.82, 2.24) is 4.31 Å². The van der Waals surface area contributed by atoms with E-state index in [2.05, 4.69) is 5.32 Å². The Balaban J connectivity index is 1.67. The van der Waals surface area contributed by atoms with Crippen LogP contribution in [-0.4, -0.2) is 52.0 Å². The Morgan fingerprint density at radius 2 is 1.90 bits per heavy atom. The summed E-state index contributed by atoms with van der Waals surface area (Å²) in [7, 11) is -2.58. The minimum Gasteiger partial charge on any atom is -0.492 e. The number of amides is 1. The van der Waals surface area contributed by atoms with Crippen molar-refractivity contribution in [2.24, 2.45) is 0 Å². The third kappa shape index (κ3) is 4.92. The third-order valence-electron chi connectivity index (χ3n) is 4.10. The fourth-order valence-electron chi connectivity index (χ4n) is 2.70. The SMILES string of the molecule is CCOc1ccc(S(=O)(=O)N(C)CC(=O)Nc2ccc3c(c2)OCCO3)cc1Cl. The lowest BCUT2D eigenvalue weighted by Crippen LogP contribution is -2.35. The maximum absolute atomic E-state index is 12.7. The highest BCUT2D eigenvalue weighted by Crippen LogP contribution is 2.32. The molecule has 10 heteroatoms. The van der Waals surface area contributed by atoms with Crippen molar-refractivity contribution in [3.8, 4) is 17.2 Å². The Morgan fingerprint density at radius 1 is 1.17 bits per heavy atom. The van der Waals surface area contributed by atoms with Gasteiger partial charge in [-0.15, -0.1) is 0 Å². The van der Waals surface area contributed by atoms with Crippen LogP contribution in [0.1, 0.15) is 6.92 Å². The van der Waals surface area contributed by atoms with Crippen LogP contribution >= 0.6 is 11.6 Å². The van der Waals surface area contributed by atoms with E-state index in [-0.39, 0.29) is 16.5 Å². The summed E-state index contributed by atoms with van der Waals surface area (Å²) in [4.78, 5) is 12.3. The van der Waals surface area contributed by atoms with Gasteiger partial charge in [0.05, 0.1) is 23.1 Å². The molecule has 0 saturated heterocycles. The molecule has 0 bridgehead atoms. The van der Waals surface area contributed by atoms with E-state index < -0.39 is 15.9 Å². The Bertz CT molecular complexity index is 1010. The molecule has 2 aromatic carbocycles. The average Bonchev–Trinajstić information content (AvgIpc) is 2.69. The fraction of sp³-hybridized carbons (Fsp3) is 0.316. The molecule has 8 nitrogen and oxygen atoms in total. The summed E-state index contributed by atoms with van der Waals surface area (Å²) in [5, 5.41) is 2.84. The number of sulfonamides is 1. The summed E-state index contributed by atoms with van der Waals surface area (Å²) < 4.78 is 42.6. The van der Waals surface area contributed by atoms with E-state index in [4.69, 9.17) is 25.8 Å². The van der Waals surface area contributed by atoms with E-state index in [1.54, 1.807) is 25.1 Å². The smallest absolute Gasteiger partial charge is 0.243 e. The lowest BCUT2D eigenvalue weighted by atomic mass is 10.2. The molecule has 0 saturated carbocycles. The third-order valence-corrected chi connectivity index (χ3v) is 6.20. The van der Waals surface area contributed by atoms with Gasteiger partial charge in [-0.25, -0.2) is 8.42 Å². The van der Waals surface area contributed by atoms with Crippen LogP contribution in [0.3, 0.4) is 0 Å². The first-order chi connectivity index (χ1) is 13.8. The lowest BCUT2D eigenvalue weighted by Gasteiger charge is -2.20. The van der Waals surface area contributed by atoms with Crippen molar-refractivity contribution in [3.63, 3.8) is 0 Å². The number of carbonyl (C=O) groups is 1. The predicted molar refractivity (Wildman–Crippen MR) is 108 cm³/mol. The summed E-state index contributed by atoms with van der Waals surface area (Å²) in [6, 6.07) is 9.16. The van der Waals surface area contributed by atoms with Gasteiger partial charge < -0.3 is 19.5 Å². The van der Waals surface area contributed by atoms with E-state index >= 15 is 0 Å². The highest BCUT2D eigenvalue weighted by atomic mass is 35.5. The number of likely N-dealkylation sites (N-methyl/N-ethyl adjacent to an activating group) is 1. The van der Waals surface area contributed by atoms with Crippen LogP contribution in [0.15, 0.2) is 41.3 Å². The number of halogens is 1. The zero-order valence-corrected chi connectivity index (χ0v) is 17.5. The standard InChI is InChI=1S/C19H21ClN2O6S/c1-3-26-16-7-5-14(11-15(16)20)29(24,25)22(2)12-19(23)21-13-4-6-17-18(10-13)28-9-8-27-17/h4-7,10-11H,3,8-9,12H2,1-2H3,(H,21,23). The van der Waals surface area contributed by atoms with Gasteiger partial charge in [-0.3, -0.25) is 4.79 Å². The number of rotatable bonds is 7. The quantitative estimate of drug-likeness (QED) is 0.711. The number of hydrogen-bond acceptors (Lipinski definition) is 6. The van der Waals surface area contributed by atoms with Crippen LogP contribution in [-0.2, 0) is 14.8 Å². The molecule has 1 aliphatic heterocycles. The summed E-state index contributed by atoms with van der Waals surface area (Å²) in [5.41, 5.74) is 0.481. The van der Waals surface area contributed by atoms with Gasteiger partial charge in [-0.1, -0.05) is 11.6 Å². The summed E-state index contributed by atoms with van der Waals surface area (Å²) in [6.07, 6.45) is 0. The summed E-state index contributed by atoms with van der Waals surface area (Å²) >= 11 is 6.08. The number of benzene rings is 2. The van der Waals surface area contributed by atoms with Crippen molar-refractivity contribution in [3.05, 3.63) is 41.4 Å². The van der Waals surface area contributed by atoms with Crippen LogP contribution in [0.25, 0.3) is 0 Å². The van der Waals surface area contributed by atoms with Crippen LogP contribution in [0.4, 0.5) is 5.69 Å². The van der Waals surface area contributed by atoms with Crippen molar-refractivity contribution in [2.75, 3.05) is 38.7 Å². The molecule has 0 aromatic heterocycles. The highest BCUT2D eigenvalue weighted by Gasteiger charge is 2.24. The average molecular weight is 441 g/mol. The molecule has 1 aliphatic rings. The first-order valence-corrected chi connectivity index (χ1v) is 10.7. The van der Waals surface area contributed by atoms with E-state index in [1.165, 1.54) is 25.2 Å². The second-order valence-electron chi connectivity index (χ2n) is 6.19. The van der Waals surface area contributed by atoms with E-state index in [0.29, 0.717) is 42.8 Å². The maximum Gasteiger partial charge on any atom is 0.243 e. The molecule has 0 unspecified atom stereocenters. The van der Waals surface area contributed by atoms with E-state index in [9.17, 15) is 13.2 Å². The van der Waals surface area contributed by atoms with Crippen LogP contribution in [0.2, 0.25) is 5.02 Å². The van der Waals surface area contributed by atoms with Gasteiger partial charge in [0.15, 0.2) is 11.5 Å². The van der Waals surface area contributed by atoms with Crippen molar-refractivity contribution >= 4 is 33.2 Å². The molecule has 0 spiro atoms. The van der Waals surface area contributed by atoms with Crippen LogP contribution in [0, 0.1) is 0 Å². The molecule has 1 N–H and O–H groups in total. The highest BCUT2D eigenvalue weighted by molar-refractivity contribution is 7.89. The number of ether oxygens (including phenoxy) is 3. The van der Waals surface area contributed by atoms with E-state index in [0.717, 1.165) is 4.31 Å². The zero-order valence-electron chi connectivity index (χ0n) is 16.0. The van der Waals surface area contributed by atoms with Crippen molar-refractivity contribution < 1.29 is 27.4 Å². The van der Waals surface area contributed by atoms with Gasteiger partial charge in [0, 0.05) is 18.8 Å². The number of anilines is 1. The normalized spacial score (nSPS) is 13.2. The molecule has 0 radical (unpaired) electrons. The second-order valence-corrected chi connectivity index (χ2v) is 8.65. The number of nitrogens with one attached hydrogen (secondary N) is 1. The van der Waals surface area contributed by atoms with Gasteiger partial charge >= 0.3 is 0 Å². The van der Waals surface area contributed by atoms with Crippen molar-refractivity contribution in [2.45, 2.75) is 11.8 Å². The molecule has 1 amide bonds. The van der Waals surface area contributed by atoms with Crippen LogP contribution in [0.5, 0.6) is 17.2 Å². The van der Waals surface area contributed by atoms with Crippen molar-refractivity contribution in [1.29, 1.82) is 0 Å². The number of fused-ring (bicyclic) bond motifs is 1. The molecule has 2 aromatic rings. The Kier molecular flexibility index (Phi) is 6.51. The molecular formula is C19H21ClN2O6S. The first kappa shape index (κ1) is 21.2. The molecule has 29 heavy (non-hydrogen) atoms. The van der Waals surface area contributed by atoms with Gasteiger partial charge in [0.2, 0.25) is 15.9 Å². The molecule has 3 rings (SSSR count). The molecular weight excluding hydrogens is 420 g/mol. The zero-order chi connectivity index (χ0) is 21.0. The molecule has 156 valence electrons. The Morgan fingerprint density at radius 3 is 2.59 bits per heavy atom. The number of nitrogens with zero attached hydrogens (tertiary/aromatic N) is 1. The van der Waals surface area contributed by atoms with Gasteiger partial charge in [-0.05, 0) is 37.3 Å². The van der Waals surface area contributed by atoms with E-state index in [1.807, 2.05) is 0 Å². The number of carbonyl (C=O) groups excluding carboxylic acids is 1. The molecule has 0 aliphatic carbocycles. The van der Waals surface area contributed by atoms with Gasteiger partial charge in [0.25, 0.3) is 0 Å². The summed E-state index contributed by atoms with van der Waals surface area (Å²) in [6.45, 7) is 2.73. The topological polar surface area (TPSA) is 94.2 Å². The Hall–Kier alpha value is -2.49. The summed E-state index contributed by atoms with van der Waals surface area (Å²) in [5.74, 6) is 1.03. The lowest BCUT2D eigenvalue weighted by molar-refractivity contribution is -0.116. The minimum absolute atomic E-state index is 0.0272. The van der Waals surface area contributed by atoms with Gasteiger partial charge in [0.1, 0.15) is 19.0 Å². The fourth-order valence-corrected chi connectivity index (χ4v) is 4.16. The minimum atomic E-state index is -3.91. The first-order valence-electron chi connectivity index (χ1n) is 8.89. The Labute approximate surface area is 174 Å². The molecule has 0 atom stereocenters.